The molecule has 0 bridgehead atoms. The summed E-state index contributed by atoms with van der Waals surface area (Å²) in [4.78, 5) is 34.8. The molecule has 0 atom stereocenters. The van der Waals surface area contributed by atoms with Crippen molar-refractivity contribution < 1.29 is 23.9 Å². The minimum absolute atomic E-state index is 0.0361. The van der Waals surface area contributed by atoms with Crippen LogP contribution >= 0.6 is 0 Å². The molecule has 0 fully saturated rings. The molecule has 0 aliphatic heterocycles. The van der Waals surface area contributed by atoms with Crippen molar-refractivity contribution in [2.24, 2.45) is 11.3 Å². The number of carbonyl (C=O) groups is 3. The van der Waals surface area contributed by atoms with E-state index in [1.54, 1.807) is 27.7 Å². The maximum Gasteiger partial charge on any atom is 0.407 e. The highest BCUT2D eigenvalue weighted by atomic mass is 16.6. The van der Waals surface area contributed by atoms with Crippen molar-refractivity contribution in [3.63, 3.8) is 0 Å². The van der Waals surface area contributed by atoms with E-state index < -0.39 is 23.5 Å². The largest absolute Gasteiger partial charge is 0.449 e. The van der Waals surface area contributed by atoms with Crippen LogP contribution in [0.2, 0.25) is 0 Å². The fourth-order valence-electron chi connectivity index (χ4n) is 1.72. The van der Waals surface area contributed by atoms with Crippen LogP contribution in [0, 0.1) is 11.3 Å². The third kappa shape index (κ3) is 6.64. The highest BCUT2D eigenvalue weighted by Crippen LogP contribution is 2.28. The quantitative estimate of drug-likeness (QED) is 0.616. The van der Waals surface area contributed by atoms with Gasteiger partial charge in [-0.2, -0.15) is 0 Å². The van der Waals surface area contributed by atoms with E-state index in [4.69, 9.17) is 9.47 Å². The Balaban J connectivity index is 4.79. The molecule has 0 saturated heterocycles. The van der Waals surface area contributed by atoms with Crippen molar-refractivity contribution >= 4 is 18.1 Å². The minimum atomic E-state index is -0.867. The van der Waals surface area contributed by atoms with E-state index in [1.165, 1.54) is 7.05 Å². The molecule has 3 N–H and O–H groups in total. The van der Waals surface area contributed by atoms with Gasteiger partial charge in [0.2, 0.25) is 5.91 Å². The van der Waals surface area contributed by atoms with Gasteiger partial charge in [0.25, 0.3) is 0 Å². The Kier molecular flexibility index (Phi) is 8.97. The van der Waals surface area contributed by atoms with Gasteiger partial charge in [0.05, 0.1) is 5.41 Å². The first kappa shape index (κ1) is 20.0. The topological polar surface area (TPSA) is 106 Å². The Bertz CT molecular complexity index is 363. The minimum Gasteiger partial charge on any atom is -0.449 e. The number of ether oxygens (including phenoxy) is 2. The molecule has 0 aromatic carbocycles. The number of carbonyl (C=O) groups excluding carboxylic acids is 3. The zero-order valence-electron chi connectivity index (χ0n) is 13.9. The number of nitrogens with one attached hydrogen (secondary N) is 3. The lowest BCUT2D eigenvalue weighted by molar-refractivity contribution is -0.133. The van der Waals surface area contributed by atoms with Gasteiger partial charge in [-0.1, -0.05) is 13.8 Å². The van der Waals surface area contributed by atoms with E-state index in [-0.39, 0.29) is 19.1 Å². The Hall–Kier alpha value is -1.99. The summed E-state index contributed by atoms with van der Waals surface area (Å²) in [6.45, 7) is 7.76. The molecular weight excluding hydrogens is 290 g/mol. The smallest absolute Gasteiger partial charge is 0.407 e. The van der Waals surface area contributed by atoms with Crippen LogP contribution in [0.5, 0.6) is 0 Å². The Morgan fingerprint density at radius 2 is 1.36 bits per heavy atom. The van der Waals surface area contributed by atoms with Crippen molar-refractivity contribution in [2.75, 3.05) is 33.4 Å². The third-order valence-electron chi connectivity index (χ3n) is 3.31. The fraction of sp³-hybridized carbons (Fsp3) is 0.786. The van der Waals surface area contributed by atoms with Crippen LogP contribution in [0.1, 0.15) is 27.7 Å². The molecule has 0 rings (SSSR count). The van der Waals surface area contributed by atoms with Crippen LogP contribution in [-0.4, -0.2) is 51.4 Å². The van der Waals surface area contributed by atoms with Crippen molar-refractivity contribution in [3.8, 4) is 0 Å². The molecule has 0 heterocycles. The maximum atomic E-state index is 12.0. The standard InChI is InChI=1S/C14H27N3O5/c1-6-16-12(19)21-8-10(9-22-13(20)17-7-2)14(3,4)11(18)15-5/h10H,6-9H2,1-5H3,(H,15,18)(H,16,19)(H,17,20). The van der Waals surface area contributed by atoms with Crippen LogP contribution in [0.15, 0.2) is 0 Å². The summed E-state index contributed by atoms with van der Waals surface area (Å²) in [6, 6.07) is 0. The van der Waals surface area contributed by atoms with E-state index in [0.29, 0.717) is 13.1 Å². The Labute approximate surface area is 131 Å². The van der Waals surface area contributed by atoms with E-state index >= 15 is 0 Å². The second-order valence-electron chi connectivity index (χ2n) is 5.26. The molecule has 0 aromatic rings. The Morgan fingerprint density at radius 1 is 0.955 bits per heavy atom. The van der Waals surface area contributed by atoms with E-state index in [2.05, 4.69) is 16.0 Å². The van der Waals surface area contributed by atoms with Gasteiger partial charge in [-0.3, -0.25) is 4.79 Å². The van der Waals surface area contributed by atoms with Gasteiger partial charge in [0, 0.05) is 26.1 Å². The van der Waals surface area contributed by atoms with E-state index in [1.807, 2.05) is 0 Å². The van der Waals surface area contributed by atoms with Crippen LogP contribution < -0.4 is 16.0 Å². The number of rotatable bonds is 8. The fourth-order valence-corrected chi connectivity index (χ4v) is 1.72. The number of hydrogen-bond donors (Lipinski definition) is 3. The monoisotopic (exact) mass is 317 g/mol. The highest BCUT2D eigenvalue weighted by Gasteiger charge is 2.38. The molecule has 0 unspecified atom stereocenters. The predicted octanol–water partition coefficient (Wildman–Crippen LogP) is 0.867. The van der Waals surface area contributed by atoms with Gasteiger partial charge in [0.1, 0.15) is 13.2 Å². The highest BCUT2D eigenvalue weighted by molar-refractivity contribution is 5.82. The molecule has 8 nitrogen and oxygen atoms in total. The normalized spacial score (nSPS) is 10.8. The number of hydrogen-bond acceptors (Lipinski definition) is 5. The molecule has 22 heavy (non-hydrogen) atoms. The lowest BCUT2D eigenvalue weighted by atomic mass is 9.78. The second kappa shape index (κ2) is 9.86. The van der Waals surface area contributed by atoms with Gasteiger partial charge in [0.15, 0.2) is 0 Å². The molecule has 0 saturated carbocycles. The molecule has 8 heteroatoms. The van der Waals surface area contributed by atoms with Gasteiger partial charge in [-0.15, -0.1) is 0 Å². The van der Waals surface area contributed by atoms with E-state index in [0.717, 1.165) is 0 Å². The maximum absolute atomic E-state index is 12.0. The molecule has 0 radical (unpaired) electrons. The average Bonchev–Trinajstić information content (AvgIpc) is 2.46. The van der Waals surface area contributed by atoms with Crippen LogP contribution in [0.25, 0.3) is 0 Å². The Morgan fingerprint density at radius 3 is 1.68 bits per heavy atom. The van der Waals surface area contributed by atoms with Gasteiger partial charge in [-0.25, -0.2) is 9.59 Å². The summed E-state index contributed by atoms with van der Waals surface area (Å²) in [6.07, 6.45) is -1.14. The molecule has 0 aliphatic carbocycles. The zero-order chi connectivity index (χ0) is 17.2. The molecule has 3 amide bonds. The molecule has 0 spiro atoms. The molecule has 128 valence electrons. The third-order valence-corrected chi connectivity index (χ3v) is 3.31. The summed E-state index contributed by atoms with van der Waals surface area (Å²) in [5, 5.41) is 7.56. The van der Waals surface area contributed by atoms with E-state index in [9.17, 15) is 14.4 Å². The molecule has 0 aromatic heterocycles. The van der Waals surface area contributed by atoms with Crippen LogP contribution in [0.4, 0.5) is 9.59 Å². The van der Waals surface area contributed by atoms with Gasteiger partial charge < -0.3 is 25.4 Å². The number of alkyl carbamates (subject to hydrolysis) is 2. The lowest BCUT2D eigenvalue weighted by Crippen LogP contribution is -2.45. The summed E-state index contributed by atoms with van der Waals surface area (Å²) in [5.41, 5.74) is -0.867. The van der Waals surface area contributed by atoms with Crippen molar-refractivity contribution in [1.29, 1.82) is 0 Å². The van der Waals surface area contributed by atoms with Gasteiger partial charge >= 0.3 is 12.2 Å². The van der Waals surface area contributed by atoms with Crippen LogP contribution in [-0.2, 0) is 14.3 Å². The number of amides is 3. The molecular formula is C14H27N3O5. The van der Waals surface area contributed by atoms with Crippen molar-refractivity contribution in [3.05, 3.63) is 0 Å². The van der Waals surface area contributed by atoms with Crippen LogP contribution in [0.3, 0.4) is 0 Å². The first-order valence-corrected chi connectivity index (χ1v) is 7.32. The summed E-state index contributed by atoms with van der Waals surface area (Å²) in [5.74, 6) is -0.700. The lowest BCUT2D eigenvalue weighted by Gasteiger charge is -2.31. The summed E-state index contributed by atoms with van der Waals surface area (Å²) >= 11 is 0. The summed E-state index contributed by atoms with van der Waals surface area (Å²) < 4.78 is 10.2. The second-order valence-corrected chi connectivity index (χ2v) is 5.26. The first-order chi connectivity index (χ1) is 10.3. The average molecular weight is 317 g/mol. The predicted molar refractivity (Wildman–Crippen MR) is 81.4 cm³/mol. The van der Waals surface area contributed by atoms with Crippen molar-refractivity contribution in [2.45, 2.75) is 27.7 Å². The van der Waals surface area contributed by atoms with Crippen molar-refractivity contribution in [1.82, 2.24) is 16.0 Å². The first-order valence-electron chi connectivity index (χ1n) is 7.32. The summed E-state index contributed by atoms with van der Waals surface area (Å²) in [7, 11) is 1.52. The van der Waals surface area contributed by atoms with Gasteiger partial charge in [-0.05, 0) is 13.8 Å². The SMILES string of the molecule is CCNC(=O)OCC(COC(=O)NCC)C(C)(C)C(=O)NC. The zero-order valence-corrected chi connectivity index (χ0v) is 13.9. The molecule has 0 aliphatic rings.